The maximum atomic E-state index is 12.2. The first kappa shape index (κ1) is 21.6. The summed E-state index contributed by atoms with van der Waals surface area (Å²) in [5.41, 5.74) is 3.29. The number of halogens is 1. The number of rotatable bonds is 8. The van der Waals surface area contributed by atoms with Gasteiger partial charge < -0.3 is 15.4 Å². The fourth-order valence-electron chi connectivity index (χ4n) is 2.92. The van der Waals surface area contributed by atoms with Crippen molar-refractivity contribution >= 4 is 39.1 Å². The average molecular weight is 467 g/mol. The Morgan fingerprint density at radius 1 is 0.867 bits per heavy atom. The molecule has 0 heterocycles. The molecule has 5 nitrogen and oxygen atoms in total. The van der Waals surface area contributed by atoms with Gasteiger partial charge in [0.05, 0.1) is 0 Å². The Morgan fingerprint density at radius 3 is 2.27 bits per heavy atom. The zero-order chi connectivity index (χ0) is 21.3. The van der Waals surface area contributed by atoms with Gasteiger partial charge in [0.15, 0.2) is 6.61 Å². The number of carbonyl (C=O) groups excluding carboxylic acids is 2. The van der Waals surface area contributed by atoms with Crippen LogP contribution in [0, 0.1) is 6.92 Å². The van der Waals surface area contributed by atoms with Gasteiger partial charge in [-0.3, -0.25) is 9.59 Å². The van der Waals surface area contributed by atoms with Crippen LogP contribution in [0.2, 0.25) is 0 Å². The maximum absolute atomic E-state index is 12.2. The van der Waals surface area contributed by atoms with E-state index in [1.807, 2.05) is 55.5 Å². The molecule has 3 rings (SSSR count). The Kier molecular flexibility index (Phi) is 7.63. The number of aryl methyl sites for hydroxylation is 2. The predicted molar refractivity (Wildman–Crippen MR) is 123 cm³/mol. The third-order valence-corrected chi connectivity index (χ3v) is 4.90. The SMILES string of the molecule is Cc1cc(Br)ccc1OCC(=O)Nc1cccc(NC(=O)CCc2ccccc2)c1. The Hall–Kier alpha value is -3.12. The van der Waals surface area contributed by atoms with E-state index in [0.717, 1.165) is 15.6 Å². The summed E-state index contributed by atoms with van der Waals surface area (Å²) in [5, 5.41) is 5.66. The highest BCUT2D eigenvalue weighted by Gasteiger charge is 2.08. The van der Waals surface area contributed by atoms with Crippen LogP contribution in [0.3, 0.4) is 0 Å². The van der Waals surface area contributed by atoms with Gasteiger partial charge in [0, 0.05) is 22.3 Å². The van der Waals surface area contributed by atoms with Gasteiger partial charge >= 0.3 is 0 Å². The minimum Gasteiger partial charge on any atom is -0.483 e. The van der Waals surface area contributed by atoms with E-state index in [0.29, 0.717) is 30.0 Å². The van der Waals surface area contributed by atoms with Crippen LogP contribution in [-0.2, 0) is 16.0 Å². The number of ether oxygens (including phenoxy) is 1. The third kappa shape index (κ3) is 6.74. The van der Waals surface area contributed by atoms with Gasteiger partial charge in [-0.05, 0) is 60.9 Å². The van der Waals surface area contributed by atoms with E-state index in [4.69, 9.17) is 4.74 Å². The second-order valence-corrected chi connectivity index (χ2v) is 7.78. The Morgan fingerprint density at radius 2 is 1.57 bits per heavy atom. The molecule has 0 fully saturated rings. The number of carbonyl (C=O) groups is 2. The quantitative estimate of drug-likeness (QED) is 0.470. The van der Waals surface area contributed by atoms with E-state index in [2.05, 4.69) is 26.6 Å². The lowest BCUT2D eigenvalue weighted by Crippen LogP contribution is -2.20. The fourth-order valence-corrected chi connectivity index (χ4v) is 3.39. The van der Waals surface area contributed by atoms with Crippen molar-refractivity contribution in [2.45, 2.75) is 19.8 Å². The van der Waals surface area contributed by atoms with Gasteiger partial charge in [-0.1, -0.05) is 52.3 Å². The maximum Gasteiger partial charge on any atom is 0.262 e. The van der Waals surface area contributed by atoms with E-state index in [1.54, 1.807) is 24.3 Å². The number of hydrogen-bond acceptors (Lipinski definition) is 3. The topological polar surface area (TPSA) is 67.4 Å². The number of benzene rings is 3. The van der Waals surface area contributed by atoms with Crippen molar-refractivity contribution in [2.24, 2.45) is 0 Å². The Balaban J connectivity index is 1.49. The Bertz CT molecular complexity index is 1020. The molecule has 3 aromatic rings. The highest BCUT2D eigenvalue weighted by molar-refractivity contribution is 9.10. The van der Waals surface area contributed by atoms with Gasteiger partial charge in [0.25, 0.3) is 5.91 Å². The van der Waals surface area contributed by atoms with Crippen molar-refractivity contribution < 1.29 is 14.3 Å². The van der Waals surface area contributed by atoms with Crippen LogP contribution in [0.4, 0.5) is 11.4 Å². The lowest BCUT2D eigenvalue weighted by molar-refractivity contribution is -0.118. The molecular weight excluding hydrogens is 444 g/mol. The van der Waals surface area contributed by atoms with Crippen molar-refractivity contribution in [1.29, 1.82) is 0 Å². The molecule has 2 N–H and O–H groups in total. The highest BCUT2D eigenvalue weighted by Crippen LogP contribution is 2.22. The monoisotopic (exact) mass is 466 g/mol. The molecule has 2 amide bonds. The van der Waals surface area contributed by atoms with E-state index < -0.39 is 0 Å². The van der Waals surface area contributed by atoms with E-state index in [-0.39, 0.29) is 18.4 Å². The summed E-state index contributed by atoms with van der Waals surface area (Å²) in [6.45, 7) is 1.82. The molecular formula is C24H23BrN2O3. The lowest BCUT2D eigenvalue weighted by Gasteiger charge is -2.11. The largest absolute Gasteiger partial charge is 0.483 e. The van der Waals surface area contributed by atoms with Crippen molar-refractivity contribution in [3.8, 4) is 5.75 Å². The number of nitrogens with one attached hydrogen (secondary N) is 2. The van der Waals surface area contributed by atoms with Crippen molar-refractivity contribution in [3.63, 3.8) is 0 Å². The van der Waals surface area contributed by atoms with Gasteiger partial charge in [-0.15, -0.1) is 0 Å². The molecule has 0 aromatic heterocycles. The highest BCUT2D eigenvalue weighted by atomic mass is 79.9. The van der Waals surface area contributed by atoms with Crippen LogP contribution in [0.15, 0.2) is 77.3 Å². The molecule has 0 unspecified atom stereocenters. The molecule has 0 bridgehead atoms. The molecule has 0 atom stereocenters. The molecule has 30 heavy (non-hydrogen) atoms. The zero-order valence-corrected chi connectivity index (χ0v) is 18.2. The molecule has 0 radical (unpaired) electrons. The zero-order valence-electron chi connectivity index (χ0n) is 16.7. The van der Waals surface area contributed by atoms with E-state index in [9.17, 15) is 9.59 Å². The van der Waals surface area contributed by atoms with Crippen LogP contribution < -0.4 is 15.4 Å². The van der Waals surface area contributed by atoms with Crippen molar-refractivity contribution in [1.82, 2.24) is 0 Å². The van der Waals surface area contributed by atoms with Crippen molar-refractivity contribution in [3.05, 3.63) is 88.4 Å². The molecule has 0 aliphatic carbocycles. The molecule has 6 heteroatoms. The number of amides is 2. The molecule has 0 aliphatic heterocycles. The standard InChI is InChI=1S/C24H23BrN2O3/c1-17-14-19(25)11-12-22(17)30-16-24(29)27-21-9-5-8-20(15-21)26-23(28)13-10-18-6-3-2-4-7-18/h2-9,11-12,14-15H,10,13,16H2,1H3,(H,26,28)(H,27,29). The van der Waals surface area contributed by atoms with Gasteiger partial charge in [0.1, 0.15) is 5.75 Å². The molecule has 0 aliphatic rings. The van der Waals surface area contributed by atoms with Crippen LogP contribution in [0.5, 0.6) is 5.75 Å². The molecule has 0 spiro atoms. The fraction of sp³-hybridized carbons (Fsp3) is 0.167. The van der Waals surface area contributed by atoms with Gasteiger partial charge in [-0.2, -0.15) is 0 Å². The van der Waals surface area contributed by atoms with Gasteiger partial charge in [0.2, 0.25) is 5.91 Å². The first-order chi connectivity index (χ1) is 14.5. The summed E-state index contributed by atoms with van der Waals surface area (Å²) in [5.74, 6) is 0.314. The van der Waals surface area contributed by atoms with E-state index in [1.165, 1.54) is 0 Å². The van der Waals surface area contributed by atoms with Crippen LogP contribution in [-0.4, -0.2) is 18.4 Å². The smallest absolute Gasteiger partial charge is 0.262 e. The average Bonchev–Trinajstić information content (AvgIpc) is 2.73. The second kappa shape index (κ2) is 10.6. The summed E-state index contributed by atoms with van der Waals surface area (Å²) >= 11 is 3.40. The van der Waals surface area contributed by atoms with Crippen LogP contribution in [0.25, 0.3) is 0 Å². The number of anilines is 2. The second-order valence-electron chi connectivity index (χ2n) is 6.86. The summed E-state index contributed by atoms with van der Waals surface area (Å²) in [4.78, 5) is 24.4. The summed E-state index contributed by atoms with van der Waals surface area (Å²) < 4.78 is 6.55. The predicted octanol–water partition coefficient (Wildman–Crippen LogP) is 5.35. The summed E-state index contributed by atoms with van der Waals surface area (Å²) in [7, 11) is 0. The van der Waals surface area contributed by atoms with Crippen LogP contribution in [0.1, 0.15) is 17.5 Å². The normalized spacial score (nSPS) is 10.3. The molecule has 0 saturated heterocycles. The van der Waals surface area contributed by atoms with E-state index >= 15 is 0 Å². The van der Waals surface area contributed by atoms with Gasteiger partial charge in [-0.25, -0.2) is 0 Å². The first-order valence-electron chi connectivity index (χ1n) is 9.62. The third-order valence-electron chi connectivity index (χ3n) is 4.41. The minimum absolute atomic E-state index is 0.0728. The molecule has 3 aromatic carbocycles. The summed E-state index contributed by atoms with van der Waals surface area (Å²) in [6.07, 6.45) is 1.07. The number of hydrogen-bond donors (Lipinski definition) is 2. The first-order valence-corrected chi connectivity index (χ1v) is 10.4. The lowest BCUT2D eigenvalue weighted by atomic mass is 10.1. The Labute approximate surface area is 184 Å². The van der Waals surface area contributed by atoms with Crippen LogP contribution >= 0.6 is 15.9 Å². The van der Waals surface area contributed by atoms with Crippen molar-refractivity contribution in [2.75, 3.05) is 17.2 Å². The molecule has 154 valence electrons. The minimum atomic E-state index is -0.273. The summed E-state index contributed by atoms with van der Waals surface area (Å²) in [6, 6.07) is 22.5. The molecule has 0 saturated carbocycles.